The normalized spacial score (nSPS) is 17.4. The number of carbonyl (C=O) groups is 2. The van der Waals surface area contributed by atoms with E-state index in [1.165, 1.54) is 0 Å². The molecule has 1 heterocycles. The number of methoxy groups -OCH3 is 1. The Morgan fingerprint density at radius 1 is 0.939 bits per heavy atom. The molecule has 0 N–H and O–H groups in total. The van der Waals surface area contributed by atoms with Crippen molar-refractivity contribution in [1.82, 2.24) is 0 Å². The van der Waals surface area contributed by atoms with Gasteiger partial charge in [-0.2, -0.15) is 0 Å². The number of fused-ring (bicyclic) bond motifs is 1. The summed E-state index contributed by atoms with van der Waals surface area (Å²) >= 11 is 0. The minimum absolute atomic E-state index is 0.0517. The van der Waals surface area contributed by atoms with Crippen LogP contribution in [0.3, 0.4) is 0 Å². The monoisotopic (exact) mass is 442 g/mol. The molecule has 4 rings (SSSR count). The molecule has 0 fully saturated rings. The predicted molar refractivity (Wildman–Crippen MR) is 132 cm³/mol. The van der Waals surface area contributed by atoms with Crippen molar-refractivity contribution in [2.24, 2.45) is 5.92 Å². The smallest absolute Gasteiger partial charge is 0.258 e. The first-order valence-corrected chi connectivity index (χ1v) is 11.4. The summed E-state index contributed by atoms with van der Waals surface area (Å²) in [7, 11) is 1.63. The fourth-order valence-electron chi connectivity index (χ4n) is 4.54. The molecule has 1 aliphatic rings. The molecule has 5 heteroatoms. The maximum atomic E-state index is 13.9. The van der Waals surface area contributed by atoms with Crippen LogP contribution in [0, 0.1) is 5.92 Å². The Morgan fingerprint density at radius 3 is 2.21 bits per heavy atom. The average molecular weight is 443 g/mol. The first-order chi connectivity index (χ1) is 15.9. The number of carbonyl (C=O) groups excluding carboxylic acids is 2. The summed E-state index contributed by atoms with van der Waals surface area (Å²) in [6.07, 6.45) is 0.639. The number of hydrogen-bond donors (Lipinski definition) is 0. The molecular formula is C28H30N2O3. The van der Waals surface area contributed by atoms with Gasteiger partial charge in [0.05, 0.1) is 13.2 Å². The molecule has 170 valence electrons. The Labute approximate surface area is 195 Å². The topological polar surface area (TPSA) is 49.9 Å². The van der Waals surface area contributed by atoms with Crippen molar-refractivity contribution in [3.05, 3.63) is 90.0 Å². The Morgan fingerprint density at radius 2 is 1.58 bits per heavy atom. The molecule has 2 atom stereocenters. The van der Waals surface area contributed by atoms with Crippen molar-refractivity contribution < 1.29 is 14.3 Å². The lowest BCUT2D eigenvalue weighted by atomic mass is 9.88. The van der Waals surface area contributed by atoms with Crippen molar-refractivity contribution in [2.75, 3.05) is 16.9 Å². The fourth-order valence-corrected chi connectivity index (χ4v) is 4.54. The molecule has 3 aromatic rings. The van der Waals surface area contributed by atoms with E-state index in [-0.39, 0.29) is 29.8 Å². The molecule has 0 unspecified atom stereocenters. The molecule has 0 aromatic heterocycles. The highest BCUT2D eigenvalue weighted by Gasteiger charge is 2.39. The summed E-state index contributed by atoms with van der Waals surface area (Å²) in [5, 5.41) is 0. The van der Waals surface area contributed by atoms with E-state index in [2.05, 4.69) is 6.92 Å². The third kappa shape index (κ3) is 4.36. The molecular weight excluding hydrogens is 412 g/mol. The van der Waals surface area contributed by atoms with Gasteiger partial charge in [-0.1, -0.05) is 50.2 Å². The fraction of sp³-hybridized carbons (Fsp3) is 0.286. The van der Waals surface area contributed by atoms with Crippen molar-refractivity contribution in [3.8, 4) is 5.75 Å². The Balaban J connectivity index is 1.84. The number of benzene rings is 3. The van der Waals surface area contributed by atoms with Gasteiger partial charge in [-0.05, 0) is 61.4 Å². The minimum Gasteiger partial charge on any atom is -0.497 e. The van der Waals surface area contributed by atoms with Gasteiger partial charge in [0.15, 0.2) is 0 Å². The molecule has 0 radical (unpaired) electrons. The van der Waals surface area contributed by atoms with Crippen molar-refractivity contribution in [1.29, 1.82) is 0 Å². The van der Waals surface area contributed by atoms with Crippen LogP contribution in [0.25, 0.3) is 0 Å². The molecule has 5 nitrogen and oxygen atoms in total. The second-order valence-corrected chi connectivity index (χ2v) is 8.76. The van der Waals surface area contributed by atoms with Crippen LogP contribution in [-0.2, 0) is 4.79 Å². The number of ether oxygens (including phenoxy) is 1. The van der Waals surface area contributed by atoms with E-state index in [0.29, 0.717) is 12.0 Å². The molecule has 33 heavy (non-hydrogen) atoms. The highest BCUT2D eigenvalue weighted by atomic mass is 16.5. The number of nitrogens with zero attached hydrogens (tertiary/aromatic N) is 2. The summed E-state index contributed by atoms with van der Waals surface area (Å²) in [6.45, 7) is 5.90. The average Bonchev–Trinajstić information content (AvgIpc) is 2.84. The Hall–Kier alpha value is -3.60. The molecule has 2 amide bonds. The van der Waals surface area contributed by atoms with E-state index in [4.69, 9.17) is 4.74 Å². The molecule has 0 bridgehead atoms. The molecule has 0 spiro atoms. The van der Waals surface area contributed by atoms with Gasteiger partial charge in [-0.3, -0.25) is 9.59 Å². The number of rotatable bonds is 5. The van der Waals surface area contributed by atoms with E-state index in [9.17, 15) is 9.59 Å². The zero-order chi connectivity index (χ0) is 23.5. The number of amides is 2. The lowest BCUT2D eigenvalue weighted by Gasteiger charge is -2.44. The summed E-state index contributed by atoms with van der Waals surface area (Å²) in [4.78, 5) is 30.7. The van der Waals surface area contributed by atoms with E-state index in [0.717, 1.165) is 22.7 Å². The summed E-state index contributed by atoms with van der Waals surface area (Å²) in [5.74, 6) is 0.646. The maximum Gasteiger partial charge on any atom is 0.258 e. The van der Waals surface area contributed by atoms with Crippen molar-refractivity contribution in [3.63, 3.8) is 0 Å². The lowest BCUT2D eigenvalue weighted by molar-refractivity contribution is -0.122. The third-order valence-corrected chi connectivity index (χ3v) is 6.19. The van der Waals surface area contributed by atoms with Gasteiger partial charge < -0.3 is 14.5 Å². The maximum absolute atomic E-state index is 13.9. The highest BCUT2D eigenvalue weighted by Crippen LogP contribution is 2.43. The van der Waals surface area contributed by atoms with Gasteiger partial charge >= 0.3 is 0 Å². The molecule has 0 saturated carbocycles. The van der Waals surface area contributed by atoms with Gasteiger partial charge in [-0.15, -0.1) is 0 Å². The van der Waals surface area contributed by atoms with Gasteiger partial charge in [0.2, 0.25) is 5.91 Å². The van der Waals surface area contributed by atoms with Crippen LogP contribution in [0.5, 0.6) is 5.75 Å². The number of hydrogen-bond acceptors (Lipinski definition) is 3. The number of anilines is 2. The third-order valence-electron chi connectivity index (χ3n) is 6.19. The molecule has 0 saturated heterocycles. The Kier molecular flexibility index (Phi) is 6.50. The lowest BCUT2D eigenvalue weighted by Crippen LogP contribution is -2.49. The van der Waals surface area contributed by atoms with Gasteiger partial charge in [0.1, 0.15) is 5.75 Å². The van der Waals surface area contributed by atoms with Gasteiger partial charge in [0, 0.05) is 28.9 Å². The Bertz CT molecular complexity index is 1130. The largest absolute Gasteiger partial charge is 0.497 e. The van der Waals surface area contributed by atoms with Crippen LogP contribution in [0.1, 0.15) is 49.2 Å². The van der Waals surface area contributed by atoms with Crippen LogP contribution in [0.4, 0.5) is 11.4 Å². The molecule has 0 aliphatic carbocycles. The summed E-state index contributed by atoms with van der Waals surface area (Å²) in [6, 6.07) is 24.6. The number of para-hydroxylation sites is 1. The van der Waals surface area contributed by atoms with E-state index in [1.54, 1.807) is 7.11 Å². The standard InChI is InChI=1S/C28H30N2O3/c1-19(2)27(31)29-20(3)18-26(24-12-8-9-13-25(24)29)30(22-14-16-23(33-4)17-15-22)28(32)21-10-6-5-7-11-21/h5-17,19-20,26H,18H2,1-4H3/t20-,26-/m0/s1. The minimum atomic E-state index is -0.214. The van der Waals surface area contributed by atoms with Crippen molar-refractivity contribution >= 4 is 23.2 Å². The first kappa shape index (κ1) is 22.6. The van der Waals surface area contributed by atoms with Crippen LogP contribution in [0.15, 0.2) is 78.9 Å². The molecule has 3 aromatic carbocycles. The zero-order valence-corrected chi connectivity index (χ0v) is 19.6. The van der Waals surface area contributed by atoms with Gasteiger partial charge in [-0.25, -0.2) is 0 Å². The molecule has 1 aliphatic heterocycles. The van der Waals surface area contributed by atoms with Crippen LogP contribution < -0.4 is 14.5 Å². The predicted octanol–water partition coefficient (Wildman–Crippen LogP) is 5.86. The van der Waals surface area contributed by atoms with Gasteiger partial charge in [0.25, 0.3) is 5.91 Å². The summed E-state index contributed by atoms with van der Waals surface area (Å²) < 4.78 is 5.33. The van der Waals surface area contributed by atoms with Crippen molar-refractivity contribution in [2.45, 2.75) is 39.3 Å². The SMILES string of the molecule is COc1ccc(N(C(=O)c2ccccc2)[C@H]2C[C@H](C)N(C(=O)C(C)C)c3ccccc32)cc1. The van der Waals surface area contributed by atoms with E-state index >= 15 is 0 Å². The highest BCUT2D eigenvalue weighted by molar-refractivity contribution is 6.07. The van der Waals surface area contributed by atoms with Crippen LogP contribution in [0.2, 0.25) is 0 Å². The van der Waals surface area contributed by atoms with E-state index in [1.807, 2.05) is 103 Å². The second kappa shape index (κ2) is 9.49. The van der Waals surface area contributed by atoms with Crippen LogP contribution in [-0.4, -0.2) is 25.0 Å². The second-order valence-electron chi connectivity index (χ2n) is 8.76. The zero-order valence-electron chi connectivity index (χ0n) is 19.6. The van der Waals surface area contributed by atoms with Crippen LogP contribution >= 0.6 is 0 Å². The van der Waals surface area contributed by atoms with E-state index < -0.39 is 0 Å². The summed E-state index contributed by atoms with van der Waals surface area (Å²) in [5.41, 5.74) is 3.27. The first-order valence-electron chi connectivity index (χ1n) is 11.4. The quantitative estimate of drug-likeness (QED) is 0.497.